The van der Waals surface area contributed by atoms with Crippen molar-refractivity contribution in [1.82, 2.24) is 24.7 Å². The Hall–Kier alpha value is -7.03. The van der Waals surface area contributed by atoms with Gasteiger partial charge in [0.15, 0.2) is 0 Å². The predicted molar refractivity (Wildman–Crippen MR) is 275 cm³/mol. The molecule has 2 atom stereocenters. The number of aliphatic hydroxyl groups excluding tert-OH is 2. The van der Waals surface area contributed by atoms with Gasteiger partial charge in [0, 0.05) is 71.7 Å². The molecule has 4 heterocycles. The van der Waals surface area contributed by atoms with Gasteiger partial charge < -0.3 is 40.7 Å². The molecule has 2 aliphatic heterocycles. The average molecular weight is 1030 g/mol. The number of ether oxygens (including phenoxy) is 2. The van der Waals surface area contributed by atoms with E-state index in [4.69, 9.17) is 26.8 Å². The molecule has 372 valence electrons. The van der Waals surface area contributed by atoms with Gasteiger partial charge in [0.05, 0.1) is 37.0 Å². The molecule has 0 bridgehead atoms. The van der Waals surface area contributed by atoms with E-state index < -0.39 is 38.0 Å². The monoisotopic (exact) mass is 1030 g/mol. The molecule has 0 saturated carbocycles. The highest BCUT2D eigenvalue weighted by Gasteiger charge is 2.31. The summed E-state index contributed by atoms with van der Waals surface area (Å²) in [6, 6.07) is 32.5. The lowest BCUT2D eigenvalue weighted by atomic mass is 9.97. The van der Waals surface area contributed by atoms with Crippen molar-refractivity contribution in [2.45, 2.75) is 47.6 Å². The number of benzene rings is 6. The number of halogens is 1. The van der Waals surface area contributed by atoms with E-state index in [0.29, 0.717) is 83.8 Å². The Kier molecular flexibility index (Phi) is 14.5. The standard InChI is InChI=1S/C27H26ClN3O5S.C26H25N3O5S/c1-29-27(33)22-7-6-16(12-23(22)28)18-10-17-8-9-36-26(17)25(13-18)37(34,35)31-20(15-32)11-19-14-30-24-5-3-2-4-21(19)24;27-26(31)22-7-2-1-5-20(22)17-11-16-9-10-34-25(16)24(13-17)35(32,33)29-19(15-30)12-18-14-28-23-8-4-3-6-21(18)23/h2-7,10,12-14,20,30-32H,8-9,11,15H2,1H3,(H,29,33);1-8,11,13-14,19,28-30H,9-10,12,15H2,(H2,27,31)/t20-;19-/m11/s1. The van der Waals surface area contributed by atoms with E-state index in [1.54, 1.807) is 42.5 Å². The van der Waals surface area contributed by atoms with Crippen molar-refractivity contribution < 1.29 is 46.1 Å². The van der Waals surface area contributed by atoms with Gasteiger partial charge in [0.25, 0.3) is 5.91 Å². The summed E-state index contributed by atoms with van der Waals surface area (Å²) in [4.78, 5) is 30.3. The van der Waals surface area contributed by atoms with Crippen molar-refractivity contribution in [3.8, 4) is 33.8 Å². The summed E-state index contributed by atoms with van der Waals surface area (Å²) in [5, 5.41) is 24.8. The Bertz CT molecular complexity index is 3600. The van der Waals surface area contributed by atoms with Crippen molar-refractivity contribution in [3.63, 3.8) is 0 Å². The minimum Gasteiger partial charge on any atom is -0.492 e. The summed E-state index contributed by atoms with van der Waals surface area (Å²) in [6.07, 6.45) is 5.36. The number of aliphatic hydroxyl groups is 2. The molecule has 0 unspecified atom stereocenters. The molecule has 0 aliphatic carbocycles. The third kappa shape index (κ3) is 10.3. The van der Waals surface area contributed by atoms with Gasteiger partial charge in [-0.3, -0.25) is 9.59 Å². The smallest absolute Gasteiger partial charge is 0.252 e. The van der Waals surface area contributed by atoms with Crippen LogP contribution in [0.3, 0.4) is 0 Å². The Morgan fingerprint density at radius 1 is 0.653 bits per heavy atom. The Morgan fingerprint density at radius 2 is 1.15 bits per heavy atom. The lowest BCUT2D eigenvalue weighted by Gasteiger charge is -2.19. The first-order valence-corrected chi connectivity index (χ1v) is 26.4. The van der Waals surface area contributed by atoms with Crippen LogP contribution in [0.5, 0.6) is 11.5 Å². The average Bonchev–Trinajstić information content (AvgIpc) is 4.23. The number of carbonyl (C=O) groups excluding carboxylic acids is 2. The maximum absolute atomic E-state index is 13.6. The Balaban J connectivity index is 0.000000178. The molecule has 0 fully saturated rings. The van der Waals surface area contributed by atoms with E-state index >= 15 is 0 Å². The van der Waals surface area contributed by atoms with Crippen LogP contribution in [0.15, 0.2) is 137 Å². The SMILES string of the molecule is CNC(=O)c1ccc(-c2cc3c(c(S(=O)(=O)N[C@@H](CO)Cc4c[nH]c5ccccc45)c2)OCC3)cc1Cl.NC(=O)c1ccccc1-c1cc2c(c(S(=O)(=O)N[C@@H](CO)Cc3c[nH]c4ccccc34)c1)OCC2. The first-order valence-electron chi connectivity index (χ1n) is 23.0. The largest absolute Gasteiger partial charge is 0.492 e. The molecule has 9 N–H and O–H groups in total. The normalized spacial score (nSPS) is 13.9. The number of hydrogen-bond donors (Lipinski definition) is 8. The quantitative estimate of drug-likeness (QED) is 0.0527. The first kappa shape index (κ1) is 49.9. The fraction of sp³-hybridized carbons (Fsp3) is 0.208. The minimum absolute atomic E-state index is 0.00127. The highest BCUT2D eigenvalue weighted by Crippen LogP contribution is 2.40. The molecule has 72 heavy (non-hydrogen) atoms. The van der Waals surface area contributed by atoms with Crippen LogP contribution < -0.4 is 30.0 Å². The van der Waals surface area contributed by atoms with E-state index in [2.05, 4.69) is 24.7 Å². The van der Waals surface area contributed by atoms with Gasteiger partial charge in [-0.15, -0.1) is 0 Å². The number of H-pyrrole nitrogens is 2. The summed E-state index contributed by atoms with van der Waals surface area (Å²) < 4.78 is 71.0. The molecular formula is C53H51ClN6O10S2. The number of fused-ring (bicyclic) bond motifs is 4. The van der Waals surface area contributed by atoms with Crippen LogP contribution in [0.2, 0.25) is 5.02 Å². The van der Waals surface area contributed by atoms with Crippen LogP contribution in [-0.2, 0) is 45.7 Å². The van der Waals surface area contributed by atoms with Gasteiger partial charge in [-0.05, 0) is 112 Å². The van der Waals surface area contributed by atoms with Crippen molar-refractivity contribution in [3.05, 3.63) is 166 Å². The lowest BCUT2D eigenvalue weighted by Crippen LogP contribution is -2.39. The fourth-order valence-corrected chi connectivity index (χ4v) is 12.4. The molecule has 8 aromatic rings. The number of sulfonamides is 2. The number of carbonyl (C=O) groups is 2. The third-order valence-corrected chi connectivity index (χ3v) is 16.1. The number of para-hydroxylation sites is 2. The van der Waals surface area contributed by atoms with E-state index in [1.807, 2.05) is 73.1 Å². The molecule has 0 radical (unpaired) electrons. The third-order valence-electron chi connectivity index (χ3n) is 12.7. The Labute approximate surface area is 420 Å². The molecule has 6 aromatic carbocycles. The summed E-state index contributed by atoms with van der Waals surface area (Å²) in [6.45, 7) is -0.0298. The lowest BCUT2D eigenvalue weighted by molar-refractivity contribution is 0.0961. The molecule has 2 aliphatic rings. The summed E-state index contributed by atoms with van der Waals surface area (Å²) in [5.41, 5.74) is 13.8. The number of hydrogen-bond acceptors (Lipinski definition) is 10. The van der Waals surface area contributed by atoms with Crippen LogP contribution in [-0.4, -0.2) is 94.4 Å². The van der Waals surface area contributed by atoms with Crippen LogP contribution in [0.25, 0.3) is 44.1 Å². The van der Waals surface area contributed by atoms with Crippen LogP contribution in [0, 0.1) is 0 Å². The van der Waals surface area contributed by atoms with Gasteiger partial charge >= 0.3 is 0 Å². The number of primary amides is 1. The fourth-order valence-electron chi connectivity index (χ4n) is 9.21. The van der Waals surface area contributed by atoms with Crippen molar-refractivity contribution in [2.75, 3.05) is 33.5 Å². The summed E-state index contributed by atoms with van der Waals surface area (Å²) in [7, 11) is -6.62. The molecule has 0 saturated heterocycles. The topological polar surface area (TPSA) is 255 Å². The number of rotatable bonds is 16. The van der Waals surface area contributed by atoms with Gasteiger partial charge in [0.1, 0.15) is 21.3 Å². The van der Waals surface area contributed by atoms with E-state index in [1.165, 1.54) is 19.2 Å². The molecule has 2 aromatic heterocycles. The van der Waals surface area contributed by atoms with Gasteiger partial charge in [-0.25, -0.2) is 26.3 Å². The minimum atomic E-state index is -4.08. The number of aromatic nitrogens is 2. The zero-order valence-corrected chi connectivity index (χ0v) is 41.3. The number of nitrogens with two attached hydrogens (primary N) is 1. The molecule has 16 nitrogen and oxygen atoms in total. The molecule has 2 amide bonds. The number of nitrogens with one attached hydrogen (secondary N) is 5. The molecule has 0 spiro atoms. The molecule has 10 rings (SSSR count). The second kappa shape index (κ2) is 21.0. The number of amides is 2. The number of aromatic amines is 2. The maximum Gasteiger partial charge on any atom is 0.252 e. The van der Waals surface area contributed by atoms with E-state index in [0.717, 1.165) is 44.1 Å². The Morgan fingerprint density at radius 3 is 1.67 bits per heavy atom. The summed E-state index contributed by atoms with van der Waals surface area (Å²) >= 11 is 6.35. The first-order chi connectivity index (χ1) is 34.7. The van der Waals surface area contributed by atoms with E-state index in [-0.39, 0.29) is 33.9 Å². The van der Waals surface area contributed by atoms with Crippen LogP contribution in [0.1, 0.15) is 43.0 Å². The van der Waals surface area contributed by atoms with Crippen LogP contribution in [0.4, 0.5) is 0 Å². The highest BCUT2D eigenvalue weighted by atomic mass is 35.5. The highest BCUT2D eigenvalue weighted by molar-refractivity contribution is 7.90. The van der Waals surface area contributed by atoms with Crippen molar-refractivity contribution >= 4 is 65.3 Å². The van der Waals surface area contributed by atoms with Crippen LogP contribution >= 0.6 is 11.6 Å². The maximum atomic E-state index is 13.6. The van der Waals surface area contributed by atoms with Gasteiger partial charge in [0.2, 0.25) is 26.0 Å². The second-order valence-corrected chi connectivity index (χ2v) is 21.2. The zero-order valence-electron chi connectivity index (χ0n) is 38.9. The second-order valence-electron chi connectivity index (χ2n) is 17.4. The molecule has 19 heteroatoms. The van der Waals surface area contributed by atoms with Crippen molar-refractivity contribution in [1.29, 1.82) is 0 Å². The van der Waals surface area contributed by atoms with Gasteiger partial charge in [-0.2, -0.15) is 0 Å². The summed E-state index contributed by atoms with van der Waals surface area (Å²) in [5.74, 6) is -0.301. The van der Waals surface area contributed by atoms with E-state index in [9.17, 15) is 36.6 Å². The zero-order chi connectivity index (χ0) is 50.7. The predicted octanol–water partition coefficient (Wildman–Crippen LogP) is 6.42. The molecular weight excluding hydrogens is 980 g/mol. The van der Waals surface area contributed by atoms with Crippen molar-refractivity contribution in [2.24, 2.45) is 5.73 Å². The van der Waals surface area contributed by atoms with Gasteiger partial charge in [-0.1, -0.05) is 72.3 Å².